The first-order chi connectivity index (χ1) is 7.58. The minimum Gasteiger partial charge on any atom is -0.353 e. The molecule has 0 aliphatic carbocycles. The molecular weight excluding hydrogens is 289 g/mol. The van der Waals surface area contributed by atoms with Crippen LogP contribution in [0.15, 0.2) is 10.7 Å². The van der Waals surface area contributed by atoms with Crippen LogP contribution in [-0.4, -0.2) is 22.6 Å². The molecule has 1 aliphatic rings. The van der Waals surface area contributed by atoms with Gasteiger partial charge in [-0.3, -0.25) is 0 Å². The van der Waals surface area contributed by atoms with E-state index in [1.807, 2.05) is 0 Å². The Hall–Kier alpha value is -0.350. The lowest BCUT2D eigenvalue weighted by molar-refractivity contribution is 0.387. The van der Waals surface area contributed by atoms with Crippen LogP contribution in [0.4, 0.5) is 5.82 Å². The highest BCUT2D eigenvalue weighted by Crippen LogP contribution is 2.31. The standard InChI is InChI=1S/C11H15BrClN3/c1-7-3-4-8(2)16(6-7)10-9(12)5-14-11(13)15-10/h5,7-8H,3-4,6H2,1-2H3. The number of halogens is 2. The van der Waals surface area contributed by atoms with E-state index in [9.17, 15) is 0 Å². The van der Waals surface area contributed by atoms with Crippen LogP contribution in [0, 0.1) is 5.92 Å². The van der Waals surface area contributed by atoms with Crippen LogP contribution < -0.4 is 4.90 Å². The predicted octanol–water partition coefficient (Wildman–Crippen LogP) is 3.52. The molecule has 88 valence electrons. The van der Waals surface area contributed by atoms with Crippen molar-refractivity contribution in [2.75, 3.05) is 11.4 Å². The van der Waals surface area contributed by atoms with E-state index in [-0.39, 0.29) is 0 Å². The molecule has 1 aromatic rings. The Morgan fingerprint density at radius 1 is 1.44 bits per heavy atom. The van der Waals surface area contributed by atoms with Crippen LogP contribution in [0.1, 0.15) is 26.7 Å². The van der Waals surface area contributed by atoms with Gasteiger partial charge >= 0.3 is 0 Å². The molecule has 1 aromatic heterocycles. The van der Waals surface area contributed by atoms with Gasteiger partial charge in [0.25, 0.3) is 0 Å². The Morgan fingerprint density at radius 2 is 2.19 bits per heavy atom. The second-order valence-electron chi connectivity index (χ2n) is 4.49. The molecule has 1 aliphatic heterocycles. The highest BCUT2D eigenvalue weighted by Gasteiger charge is 2.25. The molecule has 2 unspecified atom stereocenters. The maximum absolute atomic E-state index is 5.85. The molecule has 5 heteroatoms. The van der Waals surface area contributed by atoms with E-state index >= 15 is 0 Å². The van der Waals surface area contributed by atoms with Crippen LogP contribution in [0.3, 0.4) is 0 Å². The molecule has 0 bridgehead atoms. The van der Waals surface area contributed by atoms with Gasteiger partial charge in [0.15, 0.2) is 0 Å². The third-order valence-electron chi connectivity index (χ3n) is 3.09. The van der Waals surface area contributed by atoms with Gasteiger partial charge in [-0.15, -0.1) is 0 Å². The average Bonchev–Trinajstić information content (AvgIpc) is 2.25. The monoisotopic (exact) mass is 303 g/mol. The number of rotatable bonds is 1. The molecule has 1 saturated heterocycles. The quantitative estimate of drug-likeness (QED) is 0.743. The molecule has 16 heavy (non-hydrogen) atoms. The molecule has 0 N–H and O–H groups in total. The number of nitrogens with zero attached hydrogens (tertiary/aromatic N) is 3. The highest BCUT2D eigenvalue weighted by atomic mass is 79.9. The molecule has 2 rings (SSSR count). The van der Waals surface area contributed by atoms with Crippen molar-refractivity contribution in [1.82, 2.24) is 9.97 Å². The van der Waals surface area contributed by atoms with Gasteiger partial charge in [-0.1, -0.05) is 6.92 Å². The van der Waals surface area contributed by atoms with Gasteiger partial charge in [-0.2, -0.15) is 4.98 Å². The summed E-state index contributed by atoms with van der Waals surface area (Å²) in [6, 6.07) is 0.512. The number of aromatic nitrogens is 2. The van der Waals surface area contributed by atoms with Crippen LogP contribution in [0.5, 0.6) is 0 Å². The van der Waals surface area contributed by atoms with Gasteiger partial charge in [0, 0.05) is 18.8 Å². The predicted molar refractivity (Wildman–Crippen MR) is 69.9 cm³/mol. The summed E-state index contributed by atoms with van der Waals surface area (Å²) in [6.45, 7) is 5.54. The number of hydrogen-bond donors (Lipinski definition) is 0. The molecule has 2 heterocycles. The van der Waals surface area contributed by atoms with Crippen molar-refractivity contribution >= 4 is 33.3 Å². The van der Waals surface area contributed by atoms with E-state index in [4.69, 9.17) is 11.6 Å². The van der Waals surface area contributed by atoms with E-state index in [2.05, 4.69) is 44.6 Å². The lowest BCUT2D eigenvalue weighted by atomic mass is 9.95. The minimum atomic E-state index is 0.309. The van der Waals surface area contributed by atoms with E-state index < -0.39 is 0 Å². The Bertz CT molecular complexity index is 385. The second-order valence-corrected chi connectivity index (χ2v) is 5.69. The largest absolute Gasteiger partial charge is 0.353 e. The van der Waals surface area contributed by atoms with Crippen LogP contribution >= 0.6 is 27.5 Å². The van der Waals surface area contributed by atoms with Crippen molar-refractivity contribution in [3.8, 4) is 0 Å². The van der Waals surface area contributed by atoms with Gasteiger partial charge in [0.1, 0.15) is 5.82 Å². The maximum Gasteiger partial charge on any atom is 0.224 e. The molecular formula is C11H15BrClN3. The minimum absolute atomic E-state index is 0.309. The first-order valence-electron chi connectivity index (χ1n) is 5.52. The van der Waals surface area contributed by atoms with E-state index in [0.717, 1.165) is 16.8 Å². The third kappa shape index (κ3) is 2.48. The Kier molecular flexibility index (Phi) is 3.70. The summed E-state index contributed by atoms with van der Waals surface area (Å²) in [5.74, 6) is 1.62. The van der Waals surface area contributed by atoms with Crippen LogP contribution in [-0.2, 0) is 0 Å². The zero-order valence-corrected chi connectivity index (χ0v) is 11.8. The summed E-state index contributed by atoms with van der Waals surface area (Å²) < 4.78 is 0.915. The zero-order valence-electron chi connectivity index (χ0n) is 9.45. The lowest BCUT2D eigenvalue weighted by Gasteiger charge is -2.38. The summed E-state index contributed by atoms with van der Waals surface area (Å²) in [7, 11) is 0. The van der Waals surface area contributed by atoms with Crippen molar-refractivity contribution in [2.24, 2.45) is 5.92 Å². The average molecular weight is 305 g/mol. The first kappa shape index (κ1) is 12.1. The molecule has 0 aromatic carbocycles. The fraction of sp³-hybridized carbons (Fsp3) is 0.636. The Balaban J connectivity index is 2.30. The van der Waals surface area contributed by atoms with E-state index in [1.54, 1.807) is 6.20 Å². The molecule has 0 spiro atoms. The highest BCUT2D eigenvalue weighted by molar-refractivity contribution is 9.10. The van der Waals surface area contributed by atoms with Crippen molar-refractivity contribution < 1.29 is 0 Å². The molecule has 1 fully saturated rings. The number of hydrogen-bond acceptors (Lipinski definition) is 3. The van der Waals surface area contributed by atoms with Gasteiger partial charge in [-0.25, -0.2) is 4.98 Å². The first-order valence-corrected chi connectivity index (χ1v) is 6.69. The number of anilines is 1. The van der Waals surface area contributed by atoms with Crippen molar-refractivity contribution in [3.63, 3.8) is 0 Å². The van der Waals surface area contributed by atoms with E-state index in [0.29, 0.717) is 17.2 Å². The summed E-state index contributed by atoms with van der Waals surface area (Å²) in [5.41, 5.74) is 0. The van der Waals surface area contributed by atoms with Crippen molar-refractivity contribution in [3.05, 3.63) is 16.0 Å². The fourth-order valence-electron chi connectivity index (χ4n) is 2.12. The van der Waals surface area contributed by atoms with Crippen LogP contribution in [0.2, 0.25) is 5.28 Å². The van der Waals surface area contributed by atoms with Gasteiger partial charge in [0.2, 0.25) is 5.28 Å². The van der Waals surface area contributed by atoms with Crippen molar-refractivity contribution in [1.29, 1.82) is 0 Å². The van der Waals surface area contributed by atoms with Gasteiger partial charge < -0.3 is 4.90 Å². The summed E-state index contributed by atoms with van der Waals surface area (Å²) in [5, 5.41) is 0.309. The second kappa shape index (κ2) is 4.88. The van der Waals surface area contributed by atoms with Crippen molar-refractivity contribution in [2.45, 2.75) is 32.7 Å². The topological polar surface area (TPSA) is 29.0 Å². The molecule has 2 atom stereocenters. The smallest absolute Gasteiger partial charge is 0.224 e. The number of piperidine rings is 1. The fourth-order valence-corrected chi connectivity index (χ4v) is 2.67. The van der Waals surface area contributed by atoms with Gasteiger partial charge in [0.05, 0.1) is 4.47 Å². The Morgan fingerprint density at radius 3 is 2.94 bits per heavy atom. The SMILES string of the molecule is CC1CCC(C)N(c2nc(Cl)ncc2Br)C1. The molecule has 3 nitrogen and oxygen atoms in total. The normalized spacial score (nSPS) is 25.9. The lowest BCUT2D eigenvalue weighted by Crippen LogP contribution is -2.41. The Labute approximate surface area is 109 Å². The molecule has 0 saturated carbocycles. The zero-order chi connectivity index (χ0) is 11.7. The van der Waals surface area contributed by atoms with E-state index in [1.165, 1.54) is 12.8 Å². The molecule has 0 radical (unpaired) electrons. The van der Waals surface area contributed by atoms with Crippen LogP contribution in [0.25, 0.3) is 0 Å². The maximum atomic E-state index is 5.85. The summed E-state index contributed by atoms with van der Waals surface area (Å²) >= 11 is 9.34. The third-order valence-corrected chi connectivity index (χ3v) is 3.83. The van der Waals surface area contributed by atoms with Gasteiger partial charge in [-0.05, 0) is 53.2 Å². The summed E-state index contributed by atoms with van der Waals surface area (Å²) in [4.78, 5) is 10.6. The summed E-state index contributed by atoms with van der Waals surface area (Å²) in [6.07, 6.45) is 4.21. The molecule has 0 amide bonds.